The van der Waals surface area contributed by atoms with Gasteiger partial charge in [0.05, 0.1) is 13.1 Å². The van der Waals surface area contributed by atoms with Crippen molar-refractivity contribution in [3.63, 3.8) is 0 Å². The second-order valence-electron chi connectivity index (χ2n) is 13.2. The van der Waals surface area contributed by atoms with Crippen LogP contribution >= 0.6 is 0 Å². The van der Waals surface area contributed by atoms with Crippen LogP contribution in [0.5, 0.6) is 0 Å². The largest absolute Gasteiger partial charge is 0.256 e. The number of hydrogen-bond acceptors (Lipinski definition) is 0. The van der Waals surface area contributed by atoms with E-state index in [-0.39, 0.29) is 0 Å². The molecule has 2 nitrogen and oxygen atoms in total. The van der Waals surface area contributed by atoms with Crippen LogP contribution in [-0.2, 0) is 25.9 Å². The minimum absolute atomic E-state index is 1.15. The quantitative estimate of drug-likeness (QED) is 0.0643. The maximum absolute atomic E-state index is 2.60. The van der Waals surface area contributed by atoms with E-state index < -0.39 is 0 Å². The monoisotopic (exact) mass is 580 g/mol. The van der Waals surface area contributed by atoms with Crippen LogP contribution in [0.3, 0.4) is 0 Å². The van der Waals surface area contributed by atoms with Crippen molar-refractivity contribution >= 4 is 0 Å². The number of benzene rings is 1. The number of nitrogens with zero attached hydrogens (tertiary/aromatic N) is 2. The van der Waals surface area contributed by atoms with Crippen molar-refractivity contribution in [2.24, 2.45) is 0 Å². The maximum atomic E-state index is 2.60. The molecule has 0 fully saturated rings. The zero-order valence-electron chi connectivity index (χ0n) is 28.4. The third kappa shape index (κ3) is 18.9. The molecule has 2 heteroatoms. The van der Waals surface area contributed by atoms with Crippen molar-refractivity contribution in [3.8, 4) is 0 Å². The number of aryl methyl sites for hydroxylation is 3. The molecule has 42 heavy (non-hydrogen) atoms. The molecule has 0 N–H and O–H groups in total. The topological polar surface area (TPSA) is 8.81 Å². The molecule has 1 aromatic carbocycles. The summed E-state index contributed by atoms with van der Waals surface area (Å²) in [6.07, 6.45) is 42.6. The summed E-state index contributed by atoms with van der Waals surface area (Å²) in [5, 5.41) is 0. The standard InChI is InChI=1S/C40H71N2/c1-3-5-7-9-11-13-14-15-16-17-18-19-20-21-23-28-34-40-41(35-29-24-22-12-10-8-6-4-2)37-38-42(40)36-30-33-39-31-26-25-27-32-39/h25-27,31-32,37-38H,3-24,28-30,33-36H2,1-2H3/q+1. The molecule has 0 aliphatic heterocycles. The van der Waals surface area contributed by atoms with E-state index in [9.17, 15) is 0 Å². The van der Waals surface area contributed by atoms with Crippen molar-refractivity contribution in [2.75, 3.05) is 0 Å². The van der Waals surface area contributed by atoms with E-state index in [4.69, 9.17) is 0 Å². The first kappa shape index (κ1) is 36.6. The fourth-order valence-electron chi connectivity index (χ4n) is 6.54. The third-order valence-electron chi connectivity index (χ3n) is 9.30. The Morgan fingerprint density at radius 3 is 1.43 bits per heavy atom. The van der Waals surface area contributed by atoms with Gasteiger partial charge in [0.25, 0.3) is 5.82 Å². The molecule has 0 aliphatic carbocycles. The van der Waals surface area contributed by atoms with Gasteiger partial charge in [-0.15, -0.1) is 0 Å². The minimum Gasteiger partial charge on any atom is -0.234 e. The molecule has 0 atom stereocenters. The van der Waals surface area contributed by atoms with E-state index in [1.807, 2.05) is 0 Å². The Kier molecular flexibility index (Phi) is 23.6. The van der Waals surface area contributed by atoms with E-state index in [1.54, 1.807) is 5.82 Å². The Morgan fingerprint density at radius 2 is 0.929 bits per heavy atom. The van der Waals surface area contributed by atoms with Crippen LogP contribution < -0.4 is 4.57 Å². The van der Waals surface area contributed by atoms with Crippen LogP contribution in [-0.4, -0.2) is 4.57 Å². The van der Waals surface area contributed by atoms with Crippen molar-refractivity contribution in [1.29, 1.82) is 0 Å². The highest BCUT2D eigenvalue weighted by Crippen LogP contribution is 2.15. The Balaban J connectivity index is 1.60. The SMILES string of the molecule is CCCCCCCCCCCCCCCCCCc1n(CCCCCCCCCC)cc[n+]1CCCc1ccccc1. The molecule has 0 radical (unpaired) electrons. The van der Waals surface area contributed by atoms with Crippen LogP contribution in [0.25, 0.3) is 0 Å². The third-order valence-corrected chi connectivity index (χ3v) is 9.30. The number of imidazole rings is 1. The van der Waals surface area contributed by atoms with E-state index in [1.165, 1.54) is 185 Å². The van der Waals surface area contributed by atoms with E-state index >= 15 is 0 Å². The number of rotatable bonds is 30. The molecule has 0 saturated carbocycles. The molecule has 2 rings (SSSR count). The lowest BCUT2D eigenvalue weighted by atomic mass is 10.0. The molecule has 0 amide bonds. The summed E-state index contributed by atoms with van der Waals surface area (Å²) in [7, 11) is 0. The fourth-order valence-corrected chi connectivity index (χ4v) is 6.54. The van der Waals surface area contributed by atoms with Gasteiger partial charge in [-0.05, 0) is 37.7 Å². The van der Waals surface area contributed by atoms with E-state index in [0.717, 1.165) is 6.54 Å². The molecule has 1 aromatic heterocycles. The molecule has 240 valence electrons. The van der Waals surface area contributed by atoms with Crippen LogP contribution in [0.2, 0.25) is 0 Å². The van der Waals surface area contributed by atoms with Gasteiger partial charge >= 0.3 is 0 Å². The van der Waals surface area contributed by atoms with Gasteiger partial charge in [-0.3, -0.25) is 0 Å². The fraction of sp³-hybridized carbons (Fsp3) is 0.775. The summed E-state index contributed by atoms with van der Waals surface area (Å²) in [4.78, 5) is 0. The first-order valence-corrected chi connectivity index (χ1v) is 19.0. The summed E-state index contributed by atoms with van der Waals surface area (Å²) < 4.78 is 5.18. The second kappa shape index (κ2) is 27.0. The molecule has 0 saturated heterocycles. The van der Waals surface area contributed by atoms with Gasteiger partial charge in [0.15, 0.2) is 0 Å². The van der Waals surface area contributed by atoms with Crippen LogP contribution in [0.15, 0.2) is 42.7 Å². The molecule has 2 aromatic rings. The molecular formula is C40H71N2+. The molecule has 0 bridgehead atoms. The second-order valence-corrected chi connectivity index (χ2v) is 13.2. The van der Waals surface area contributed by atoms with Gasteiger partial charge < -0.3 is 0 Å². The molecule has 0 unspecified atom stereocenters. The predicted octanol–water partition coefficient (Wildman–Crippen LogP) is 12.4. The Labute approximate surface area is 263 Å². The highest BCUT2D eigenvalue weighted by Gasteiger charge is 2.16. The van der Waals surface area contributed by atoms with E-state index in [0.29, 0.717) is 0 Å². The summed E-state index contributed by atoms with van der Waals surface area (Å²) in [6.45, 7) is 6.97. The number of hydrogen-bond donors (Lipinski definition) is 0. The van der Waals surface area contributed by atoms with Gasteiger partial charge in [0.1, 0.15) is 12.4 Å². The molecule has 0 aliphatic rings. The summed E-state index contributed by atoms with van der Waals surface area (Å²) in [6, 6.07) is 11.0. The summed E-state index contributed by atoms with van der Waals surface area (Å²) in [5.74, 6) is 1.58. The van der Waals surface area contributed by atoms with Gasteiger partial charge in [-0.2, -0.15) is 0 Å². The maximum Gasteiger partial charge on any atom is 0.256 e. The summed E-state index contributed by atoms with van der Waals surface area (Å²) in [5.41, 5.74) is 1.47. The zero-order chi connectivity index (χ0) is 29.8. The first-order valence-electron chi connectivity index (χ1n) is 19.0. The number of unbranched alkanes of at least 4 members (excludes halogenated alkanes) is 22. The van der Waals surface area contributed by atoms with Gasteiger partial charge in [0, 0.05) is 6.42 Å². The smallest absolute Gasteiger partial charge is 0.234 e. The van der Waals surface area contributed by atoms with Gasteiger partial charge in [-0.1, -0.05) is 179 Å². The van der Waals surface area contributed by atoms with Gasteiger partial charge in [0.2, 0.25) is 0 Å². The average Bonchev–Trinajstić information content (AvgIpc) is 3.39. The first-order chi connectivity index (χ1) is 20.8. The average molecular weight is 580 g/mol. The highest BCUT2D eigenvalue weighted by molar-refractivity contribution is 5.14. The number of aromatic nitrogens is 2. The zero-order valence-corrected chi connectivity index (χ0v) is 28.4. The lowest BCUT2D eigenvalue weighted by Gasteiger charge is -2.07. The van der Waals surface area contributed by atoms with Crippen LogP contribution in [0, 0.1) is 0 Å². The molecule has 1 heterocycles. The van der Waals surface area contributed by atoms with Crippen molar-refractivity contribution in [3.05, 3.63) is 54.1 Å². The predicted molar refractivity (Wildman–Crippen MR) is 185 cm³/mol. The minimum atomic E-state index is 1.15. The lowest BCUT2D eigenvalue weighted by molar-refractivity contribution is -0.704. The van der Waals surface area contributed by atoms with Crippen molar-refractivity contribution < 1.29 is 4.57 Å². The Morgan fingerprint density at radius 1 is 0.476 bits per heavy atom. The van der Waals surface area contributed by atoms with E-state index in [2.05, 4.69) is 65.7 Å². The van der Waals surface area contributed by atoms with Crippen LogP contribution in [0.1, 0.15) is 186 Å². The van der Waals surface area contributed by atoms with Crippen molar-refractivity contribution in [1.82, 2.24) is 4.57 Å². The van der Waals surface area contributed by atoms with Gasteiger partial charge in [-0.25, -0.2) is 9.13 Å². The Hall–Kier alpha value is -1.57. The molecule has 0 spiro atoms. The highest BCUT2D eigenvalue weighted by atomic mass is 15.1. The lowest BCUT2D eigenvalue weighted by Crippen LogP contribution is -2.37. The van der Waals surface area contributed by atoms with Crippen molar-refractivity contribution in [2.45, 2.75) is 200 Å². The Bertz CT molecular complexity index is 823. The normalized spacial score (nSPS) is 11.5. The molecular weight excluding hydrogens is 508 g/mol. The van der Waals surface area contributed by atoms with Crippen LogP contribution in [0.4, 0.5) is 0 Å². The summed E-state index contributed by atoms with van der Waals surface area (Å²) >= 11 is 0.